The molecular formula is C11H11IN2O2. The molecule has 16 heavy (non-hydrogen) atoms. The van der Waals surface area contributed by atoms with Crippen molar-refractivity contribution < 1.29 is 9.53 Å². The van der Waals surface area contributed by atoms with Crippen molar-refractivity contribution >= 4 is 28.5 Å². The number of nitrogens with one attached hydrogen (secondary N) is 1. The van der Waals surface area contributed by atoms with Crippen LogP contribution in [0.25, 0.3) is 0 Å². The number of hydrogen-bond acceptors (Lipinski definition) is 3. The normalized spacial score (nSPS) is 11.3. The van der Waals surface area contributed by atoms with Gasteiger partial charge in [-0.05, 0) is 53.8 Å². The first kappa shape index (κ1) is 12.8. The number of hydrogen-bond donors (Lipinski definition) is 1. The maximum Gasteiger partial charge on any atom is 0.261 e. The van der Waals surface area contributed by atoms with E-state index in [2.05, 4.69) is 27.9 Å². The highest BCUT2D eigenvalue weighted by molar-refractivity contribution is 14.1. The summed E-state index contributed by atoms with van der Waals surface area (Å²) < 4.78 is 6.51. The van der Waals surface area contributed by atoms with Crippen LogP contribution in [0.4, 0.5) is 0 Å². The van der Waals surface area contributed by atoms with Crippen molar-refractivity contribution in [2.45, 2.75) is 13.0 Å². The number of benzene rings is 1. The summed E-state index contributed by atoms with van der Waals surface area (Å²) in [5, 5.41) is 10.7. The van der Waals surface area contributed by atoms with E-state index in [0.717, 1.165) is 3.57 Å². The maximum absolute atomic E-state index is 11.4. The highest BCUT2D eigenvalue weighted by atomic mass is 127. The minimum atomic E-state index is -0.603. The second kappa shape index (κ2) is 6.33. The third kappa shape index (κ3) is 4.06. The van der Waals surface area contributed by atoms with Crippen molar-refractivity contribution in [3.63, 3.8) is 0 Å². The number of ether oxygens (including phenoxy) is 1. The van der Waals surface area contributed by atoms with E-state index >= 15 is 0 Å². The lowest BCUT2D eigenvalue weighted by Gasteiger charge is -2.13. The minimum Gasteiger partial charge on any atom is -0.481 e. The summed E-state index contributed by atoms with van der Waals surface area (Å²) in [6.07, 6.45) is -0.603. The fourth-order valence-electron chi connectivity index (χ4n) is 1.04. The number of nitriles is 1. The van der Waals surface area contributed by atoms with Gasteiger partial charge in [0, 0.05) is 3.57 Å². The Kier molecular flexibility index (Phi) is 5.05. The van der Waals surface area contributed by atoms with Gasteiger partial charge in [-0.1, -0.05) is 0 Å². The summed E-state index contributed by atoms with van der Waals surface area (Å²) in [4.78, 5) is 11.4. The third-order valence-corrected chi connectivity index (χ3v) is 2.56. The van der Waals surface area contributed by atoms with Gasteiger partial charge in [0.1, 0.15) is 12.3 Å². The SMILES string of the molecule is C[C@H](Oc1ccc(I)cc1)C(=O)NCC#N. The number of carbonyl (C=O) groups is 1. The number of amides is 1. The zero-order valence-electron chi connectivity index (χ0n) is 8.74. The van der Waals surface area contributed by atoms with E-state index in [-0.39, 0.29) is 12.5 Å². The summed E-state index contributed by atoms with van der Waals surface area (Å²) in [5.41, 5.74) is 0. The molecule has 1 atom stereocenters. The second-order valence-electron chi connectivity index (χ2n) is 3.09. The van der Waals surface area contributed by atoms with Gasteiger partial charge in [-0.2, -0.15) is 5.26 Å². The molecule has 84 valence electrons. The summed E-state index contributed by atoms with van der Waals surface area (Å²) in [5.74, 6) is 0.347. The van der Waals surface area contributed by atoms with Crippen LogP contribution in [0.15, 0.2) is 24.3 Å². The topological polar surface area (TPSA) is 62.1 Å². The van der Waals surface area contributed by atoms with Crippen molar-refractivity contribution in [2.24, 2.45) is 0 Å². The van der Waals surface area contributed by atoms with Crippen LogP contribution in [0, 0.1) is 14.9 Å². The average Bonchev–Trinajstić information content (AvgIpc) is 2.29. The number of nitrogens with zero attached hydrogens (tertiary/aromatic N) is 1. The first-order valence-electron chi connectivity index (χ1n) is 4.70. The molecule has 0 aliphatic carbocycles. The molecule has 0 saturated heterocycles. The molecule has 0 spiro atoms. The number of carbonyl (C=O) groups excluding carboxylic acids is 1. The maximum atomic E-state index is 11.4. The van der Waals surface area contributed by atoms with Crippen molar-refractivity contribution in [1.82, 2.24) is 5.32 Å². The van der Waals surface area contributed by atoms with Crippen LogP contribution in [0.3, 0.4) is 0 Å². The first-order valence-corrected chi connectivity index (χ1v) is 5.78. The molecule has 1 aromatic carbocycles. The molecule has 0 aliphatic heterocycles. The summed E-state index contributed by atoms with van der Waals surface area (Å²) in [7, 11) is 0. The molecule has 4 nitrogen and oxygen atoms in total. The molecule has 0 unspecified atom stereocenters. The molecule has 0 aliphatic rings. The van der Waals surface area contributed by atoms with Gasteiger partial charge in [0.2, 0.25) is 0 Å². The Morgan fingerprint density at radius 3 is 2.75 bits per heavy atom. The monoisotopic (exact) mass is 330 g/mol. The van der Waals surface area contributed by atoms with Gasteiger partial charge >= 0.3 is 0 Å². The molecule has 1 N–H and O–H groups in total. The third-order valence-electron chi connectivity index (χ3n) is 1.84. The van der Waals surface area contributed by atoms with Gasteiger partial charge in [-0.15, -0.1) is 0 Å². The number of halogens is 1. The smallest absolute Gasteiger partial charge is 0.261 e. The fraction of sp³-hybridized carbons (Fsp3) is 0.273. The summed E-state index contributed by atoms with van der Waals surface area (Å²) in [6, 6.07) is 9.24. The van der Waals surface area contributed by atoms with Crippen molar-refractivity contribution in [1.29, 1.82) is 5.26 Å². The quantitative estimate of drug-likeness (QED) is 0.675. The standard InChI is InChI=1S/C11H11IN2O2/c1-8(11(15)14-7-6-13)16-10-4-2-9(12)3-5-10/h2-5,8H,7H2,1H3,(H,14,15)/t8-/m0/s1. The molecule has 0 fully saturated rings. The highest BCUT2D eigenvalue weighted by Crippen LogP contribution is 2.14. The molecule has 0 heterocycles. The second-order valence-corrected chi connectivity index (χ2v) is 4.34. The van der Waals surface area contributed by atoms with Crippen LogP contribution in [0.1, 0.15) is 6.92 Å². The van der Waals surface area contributed by atoms with Gasteiger partial charge in [-0.3, -0.25) is 4.79 Å². The van der Waals surface area contributed by atoms with Gasteiger partial charge in [-0.25, -0.2) is 0 Å². The van der Waals surface area contributed by atoms with Crippen LogP contribution < -0.4 is 10.1 Å². The van der Waals surface area contributed by atoms with E-state index < -0.39 is 6.10 Å². The van der Waals surface area contributed by atoms with Crippen molar-refractivity contribution in [3.8, 4) is 11.8 Å². The van der Waals surface area contributed by atoms with Gasteiger partial charge in [0.05, 0.1) is 6.07 Å². The van der Waals surface area contributed by atoms with Crippen molar-refractivity contribution in [3.05, 3.63) is 27.8 Å². The van der Waals surface area contributed by atoms with E-state index in [4.69, 9.17) is 10.00 Å². The molecule has 0 aromatic heterocycles. The van der Waals surface area contributed by atoms with Crippen molar-refractivity contribution in [2.75, 3.05) is 6.54 Å². The van der Waals surface area contributed by atoms with Gasteiger partial charge in [0.25, 0.3) is 5.91 Å². The minimum absolute atomic E-state index is 0.000772. The summed E-state index contributed by atoms with van der Waals surface area (Å²) >= 11 is 2.19. The van der Waals surface area contributed by atoms with Gasteiger partial charge in [0.15, 0.2) is 6.10 Å². The van der Waals surface area contributed by atoms with Crippen LogP contribution in [0.2, 0.25) is 0 Å². The Hall–Kier alpha value is -1.29. The van der Waals surface area contributed by atoms with Crippen LogP contribution in [-0.2, 0) is 4.79 Å². The zero-order valence-corrected chi connectivity index (χ0v) is 10.9. The molecule has 1 amide bonds. The lowest BCUT2D eigenvalue weighted by molar-refractivity contribution is -0.127. The van der Waals surface area contributed by atoms with Crippen LogP contribution >= 0.6 is 22.6 Å². The van der Waals surface area contributed by atoms with E-state index in [1.807, 2.05) is 18.2 Å². The molecule has 5 heteroatoms. The zero-order chi connectivity index (χ0) is 12.0. The van der Waals surface area contributed by atoms with Crippen LogP contribution in [-0.4, -0.2) is 18.6 Å². The van der Waals surface area contributed by atoms with E-state index in [0.29, 0.717) is 5.75 Å². The highest BCUT2D eigenvalue weighted by Gasteiger charge is 2.13. The average molecular weight is 330 g/mol. The van der Waals surface area contributed by atoms with E-state index in [1.54, 1.807) is 19.1 Å². The Morgan fingerprint density at radius 2 is 2.19 bits per heavy atom. The summed E-state index contributed by atoms with van der Waals surface area (Å²) in [6.45, 7) is 1.64. The van der Waals surface area contributed by atoms with Gasteiger partial charge < -0.3 is 10.1 Å². The lowest BCUT2D eigenvalue weighted by Crippen LogP contribution is -2.36. The predicted molar refractivity (Wildman–Crippen MR) is 67.9 cm³/mol. The number of rotatable bonds is 4. The molecular weight excluding hydrogens is 319 g/mol. The molecule has 1 aromatic rings. The Labute approximate surface area is 108 Å². The van der Waals surface area contributed by atoms with Crippen LogP contribution in [0.5, 0.6) is 5.75 Å². The molecule has 0 saturated carbocycles. The lowest BCUT2D eigenvalue weighted by atomic mass is 10.3. The van der Waals surface area contributed by atoms with E-state index in [9.17, 15) is 4.79 Å². The molecule has 0 radical (unpaired) electrons. The largest absolute Gasteiger partial charge is 0.481 e. The Morgan fingerprint density at radius 1 is 1.56 bits per heavy atom. The molecule has 0 bridgehead atoms. The predicted octanol–water partition coefficient (Wildman–Crippen LogP) is 1.70. The Bertz CT molecular complexity index is 397. The first-order chi connectivity index (χ1) is 7.63. The van der Waals surface area contributed by atoms with E-state index in [1.165, 1.54) is 0 Å². The molecule has 1 rings (SSSR count). The fourth-order valence-corrected chi connectivity index (χ4v) is 1.40. The Balaban J connectivity index is 2.51.